The van der Waals surface area contributed by atoms with Crippen LogP contribution in [-0.4, -0.2) is 60.0 Å². The van der Waals surface area contributed by atoms with Crippen molar-refractivity contribution in [1.29, 1.82) is 0 Å². The van der Waals surface area contributed by atoms with Gasteiger partial charge in [-0.3, -0.25) is 4.79 Å². The number of hydrogen-bond acceptors (Lipinski definition) is 6. The highest BCUT2D eigenvalue weighted by molar-refractivity contribution is 7.12. The Morgan fingerprint density at radius 1 is 0.960 bits per heavy atom. The van der Waals surface area contributed by atoms with Gasteiger partial charge in [-0.2, -0.15) is 4.98 Å². The van der Waals surface area contributed by atoms with Crippen molar-refractivity contribution in [2.75, 3.05) is 49.1 Å². The Labute approximate surface area is 152 Å². The molecule has 0 aromatic carbocycles. The first-order valence-corrected chi connectivity index (χ1v) is 9.85. The predicted octanol–water partition coefficient (Wildman–Crippen LogP) is 2.49. The molecule has 2 aliphatic heterocycles. The molecule has 0 atom stereocenters. The highest BCUT2D eigenvalue weighted by atomic mass is 32.1. The van der Waals surface area contributed by atoms with Crippen molar-refractivity contribution in [2.45, 2.75) is 19.3 Å². The lowest BCUT2D eigenvalue weighted by atomic mass is 10.1. The molecule has 1 amide bonds. The number of anilines is 2. The van der Waals surface area contributed by atoms with E-state index in [9.17, 15) is 4.79 Å². The van der Waals surface area contributed by atoms with Gasteiger partial charge in [0.05, 0.1) is 4.88 Å². The molecule has 2 aliphatic rings. The molecule has 0 bridgehead atoms. The van der Waals surface area contributed by atoms with E-state index in [4.69, 9.17) is 4.98 Å². The minimum absolute atomic E-state index is 0.145. The number of piperazine rings is 1. The zero-order chi connectivity index (χ0) is 17.1. The molecule has 2 aromatic heterocycles. The van der Waals surface area contributed by atoms with Gasteiger partial charge in [0.1, 0.15) is 5.82 Å². The van der Waals surface area contributed by atoms with Crippen LogP contribution in [0.15, 0.2) is 29.8 Å². The SMILES string of the molecule is O=C(c1cccs1)N1CCN(c2ccnc(N3CCCCC3)n2)CC1. The van der Waals surface area contributed by atoms with Gasteiger partial charge in [-0.05, 0) is 36.8 Å². The zero-order valence-electron chi connectivity index (χ0n) is 14.3. The van der Waals surface area contributed by atoms with Gasteiger partial charge >= 0.3 is 0 Å². The second-order valence-electron chi connectivity index (χ2n) is 6.52. The summed E-state index contributed by atoms with van der Waals surface area (Å²) in [5.74, 6) is 1.96. The lowest BCUT2D eigenvalue weighted by Gasteiger charge is -2.35. The average molecular weight is 357 g/mol. The molecule has 2 aromatic rings. The minimum atomic E-state index is 0.145. The van der Waals surface area contributed by atoms with Crippen LogP contribution >= 0.6 is 11.3 Å². The van der Waals surface area contributed by atoms with Gasteiger partial charge in [0.15, 0.2) is 0 Å². The van der Waals surface area contributed by atoms with Crippen LogP contribution in [-0.2, 0) is 0 Å². The first-order valence-electron chi connectivity index (χ1n) is 8.97. The molecule has 2 saturated heterocycles. The molecule has 0 radical (unpaired) electrons. The average Bonchev–Trinajstić information content (AvgIpc) is 3.23. The Balaban J connectivity index is 1.40. The number of rotatable bonds is 3. The third kappa shape index (κ3) is 3.61. The largest absolute Gasteiger partial charge is 0.353 e. The second-order valence-corrected chi connectivity index (χ2v) is 7.47. The smallest absolute Gasteiger partial charge is 0.264 e. The Morgan fingerprint density at radius 2 is 1.76 bits per heavy atom. The predicted molar refractivity (Wildman–Crippen MR) is 101 cm³/mol. The zero-order valence-corrected chi connectivity index (χ0v) is 15.1. The molecule has 7 heteroatoms. The van der Waals surface area contributed by atoms with Crippen molar-refractivity contribution < 1.29 is 4.79 Å². The van der Waals surface area contributed by atoms with Crippen molar-refractivity contribution in [3.05, 3.63) is 34.7 Å². The number of carbonyl (C=O) groups is 1. The van der Waals surface area contributed by atoms with Crippen LogP contribution in [0.3, 0.4) is 0 Å². The maximum Gasteiger partial charge on any atom is 0.264 e. The van der Waals surface area contributed by atoms with E-state index < -0.39 is 0 Å². The van der Waals surface area contributed by atoms with E-state index in [-0.39, 0.29) is 5.91 Å². The fraction of sp³-hybridized carbons (Fsp3) is 0.500. The lowest BCUT2D eigenvalue weighted by molar-refractivity contribution is 0.0751. The van der Waals surface area contributed by atoms with Gasteiger partial charge in [-0.15, -0.1) is 11.3 Å². The number of amides is 1. The lowest BCUT2D eigenvalue weighted by Crippen LogP contribution is -2.49. The van der Waals surface area contributed by atoms with Crippen LogP contribution < -0.4 is 9.80 Å². The van der Waals surface area contributed by atoms with Gasteiger partial charge in [-0.1, -0.05) is 6.07 Å². The van der Waals surface area contributed by atoms with E-state index in [2.05, 4.69) is 14.8 Å². The molecular weight excluding hydrogens is 334 g/mol. The molecule has 2 fully saturated rings. The maximum absolute atomic E-state index is 12.5. The molecule has 0 spiro atoms. The molecule has 0 N–H and O–H groups in total. The fourth-order valence-corrected chi connectivity index (χ4v) is 4.15. The summed E-state index contributed by atoms with van der Waals surface area (Å²) < 4.78 is 0. The summed E-state index contributed by atoms with van der Waals surface area (Å²) >= 11 is 1.51. The third-order valence-electron chi connectivity index (χ3n) is 4.89. The summed E-state index contributed by atoms with van der Waals surface area (Å²) in [5, 5.41) is 1.95. The molecule has 0 aliphatic carbocycles. The van der Waals surface area contributed by atoms with E-state index in [0.29, 0.717) is 0 Å². The number of aromatic nitrogens is 2. The van der Waals surface area contributed by atoms with Crippen LogP contribution in [0.25, 0.3) is 0 Å². The molecule has 4 heterocycles. The quantitative estimate of drug-likeness (QED) is 0.845. The van der Waals surface area contributed by atoms with Gasteiger partial charge in [0.2, 0.25) is 5.95 Å². The number of thiophene rings is 1. The van der Waals surface area contributed by atoms with Gasteiger partial charge in [0.25, 0.3) is 5.91 Å². The van der Waals surface area contributed by atoms with E-state index in [1.165, 1.54) is 30.6 Å². The summed E-state index contributed by atoms with van der Waals surface area (Å²) in [6.45, 7) is 5.19. The van der Waals surface area contributed by atoms with E-state index in [1.807, 2.05) is 34.7 Å². The summed E-state index contributed by atoms with van der Waals surface area (Å²) in [5.41, 5.74) is 0. The molecular formula is C18H23N5OS. The highest BCUT2D eigenvalue weighted by Crippen LogP contribution is 2.21. The van der Waals surface area contributed by atoms with E-state index in [1.54, 1.807) is 0 Å². The Bertz CT molecular complexity index is 706. The molecule has 0 unspecified atom stereocenters. The highest BCUT2D eigenvalue weighted by Gasteiger charge is 2.24. The summed E-state index contributed by atoms with van der Waals surface area (Å²) in [6.07, 6.45) is 5.60. The Morgan fingerprint density at radius 3 is 2.48 bits per heavy atom. The van der Waals surface area contributed by atoms with Crippen LogP contribution in [0.1, 0.15) is 28.9 Å². The number of piperidine rings is 1. The van der Waals surface area contributed by atoms with Gasteiger partial charge in [0, 0.05) is 45.5 Å². The van der Waals surface area contributed by atoms with E-state index in [0.717, 1.165) is 55.9 Å². The van der Waals surface area contributed by atoms with Gasteiger partial charge < -0.3 is 14.7 Å². The Hall–Kier alpha value is -2.15. The van der Waals surface area contributed by atoms with Crippen LogP contribution in [0.5, 0.6) is 0 Å². The van der Waals surface area contributed by atoms with Crippen molar-refractivity contribution in [1.82, 2.24) is 14.9 Å². The standard InChI is InChI=1S/C18H23N5OS/c24-17(15-5-4-14-25-15)22-12-10-21(11-13-22)16-6-7-19-18(20-16)23-8-2-1-3-9-23/h4-7,14H,1-3,8-13H2. The first-order chi connectivity index (χ1) is 12.3. The van der Waals surface area contributed by atoms with Crippen molar-refractivity contribution >= 4 is 29.0 Å². The molecule has 4 rings (SSSR count). The topological polar surface area (TPSA) is 52.6 Å². The van der Waals surface area contributed by atoms with E-state index >= 15 is 0 Å². The molecule has 0 saturated carbocycles. The molecule has 6 nitrogen and oxygen atoms in total. The van der Waals surface area contributed by atoms with Crippen LogP contribution in [0.4, 0.5) is 11.8 Å². The first kappa shape index (κ1) is 16.3. The van der Waals surface area contributed by atoms with Crippen molar-refractivity contribution in [2.24, 2.45) is 0 Å². The maximum atomic E-state index is 12.5. The minimum Gasteiger partial charge on any atom is -0.353 e. The summed E-state index contributed by atoms with van der Waals surface area (Å²) in [7, 11) is 0. The number of carbonyl (C=O) groups excluding carboxylic acids is 1. The number of nitrogens with zero attached hydrogens (tertiary/aromatic N) is 5. The monoisotopic (exact) mass is 357 g/mol. The summed E-state index contributed by atoms with van der Waals surface area (Å²) in [4.78, 5) is 29.0. The normalized spacial score (nSPS) is 18.5. The third-order valence-corrected chi connectivity index (χ3v) is 5.75. The Kier molecular flexibility index (Phi) is 4.83. The van der Waals surface area contributed by atoms with Crippen LogP contribution in [0, 0.1) is 0 Å². The molecule has 132 valence electrons. The fourth-order valence-electron chi connectivity index (χ4n) is 3.46. The van der Waals surface area contributed by atoms with Gasteiger partial charge in [-0.25, -0.2) is 4.98 Å². The van der Waals surface area contributed by atoms with Crippen molar-refractivity contribution in [3.8, 4) is 0 Å². The van der Waals surface area contributed by atoms with Crippen LogP contribution in [0.2, 0.25) is 0 Å². The number of hydrogen-bond donors (Lipinski definition) is 0. The second kappa shape index (κ2) is 7.39. The molecule has 25 heavy (non-hydrogen) atoms. The summed E-state index contributed by atoms with van der Waals surface area (Å²) in [6, 6.07) is 5.80. The van der Waals surface area contributed by atoms with Crippen molar-refractivity contribution in [3.63, 3.8) is 0 Å².